The second-order valence-electron chi connectivity index (χ2n) is 2.20. The van der Waals surface area contributed by atoms with Gasteiger partial charge in [0.1, 0.15) is 5.25 Å². The zero-order valence-electron chi connectivity index (χ0n) is 6.97. The predicted molar refractivity (Wildman–Crippen MR) is 51.3 cm³/mol. The minimum Gasteiger partial charge on any atom is -0.480 e. The van der Waals surface area contributed by atoms with Gasteiger partial charge in [-0.1, -0.05) is 11.8 Å². The number of nitrogens with zero attached hydrogens (tertiary/aromatic N) is 1. The standard InChI is InChI=1S/C7H9NO3S2/c1-11-4-5(6(9)10)13-7-8-2-3-12-7/h2-3,5H,4H2,1H3,(H,9,10). The molecule has 0 amide bonds. The van der Waals surface area contributed by atoms with Crippen LogP contribution in [0, 0.1) is 0 Å². The van der Waals surface area contributed by atoms with E-state index in [1.54, 1.807) is 6.20 Å². The third-order valence-electron chi connectivity index (χ3n) is 1.25. The molecule has 0 spiro atoms. The number of hydrogen-bond acceptors (Lipinski definition) is 5. The number of ether oxygens (including phenoxy) is 1. The van der Waals surface area contributed by atoms with Gasteiger partial charge >= 0.3 is 5.97 Å². The molecule has 72 valence electrons. The van der Waals surface area contributed by atoms with Crippen molar-refractivity contribution in [2.75, 3.05) is 13.7 Å². The third kappa shape index (κ3) is 3.33. The lowest BCUT2D eigenvalue weighted by atomic mass is 10.5. The van der Waals surface area contributed by atoms with Crippen LogP contribution in [0.25, 0.3) is 0 Å². The van der Waals surface area contributed by atoms with Gasteiger partial charge in [0.15, 0.2) is 4.34 Å². The zero-order valence-corrected chi connectivity index (χ0v) is 8.60. The second-order valence-corrected chi connectivity index (χ2v) is 4.54. The Morgan fingerprint density at radius 2 is 2.69 bits per heavy atom. The van der Waals surface area contributed by atoms with Gasteiger partial charge in [-0.2, -0.15) is 0 Å². The molecule has 0 aromatic carbocycles. The summed E-state index contributed by atoms with van der Waals surface area (Å²) < 4.78 is 5.54. The first-order valence-electron chi connectivity index (χ1n) is 3.52. The van der Waals surface area contributed by atoms with Crippen molar-refractivity contribution in [2.45, 2.75) is 9.59 Å². The van der Waals surface area contributed by atoms with Crippen molar-refractivity contribution in [3.63, 3.8) is 0 Å². The molecular formula is C7H9NO3S2. The molecule has 0 bridgehead atoms. The molecule has 1 rings (SSSR count). The molecule has 1 aromatic rings. The van der Waals surface area contributed by atoms with Crippen molar-refractivity contribution in [1.82, 2.24) is 4.98 Å². The van der Waals surface area contributed by atoms with Crippen LogP contribution in [0.3, 0.4) is 0 Å². The van der Waals surface area contributed by atoms with Gasteiger partial charge in [-0.25, -0.2) is 4.98 Å². The van der Waals surface area contributed by atoms with Gasteiger partial charge in [-0.05, 0) is 0 Å². The summed E-state index contributed by atoms with van der Waals surface area (Å²) in [6.45, 7) is 0.194. The third-order valence-corrected chi connectivity index (χ3v) is 3.32. The summed E-state index contributed by atoms with van der Waals surface area (Å²) in [6.07, 6.45) is 1.65. The van der Waals surface area contributed by atoms with E-state index in [1.165, 1.54) is 30.2 Å². The van der Waals surface area contributed by atoms with Crippen molar-refractivity contribution in [3.8, 4) is 0 Å². The fourth-order valence-corrected chi connectivity index (χ4v) is 2.46. The van der Waals surface area contributed by atoms with Crippen LogP contribution in [-0.4, -0.2) is 35.0 Å². The van der Waals surface area contributed by atoms with Gasteiger partial charge < -0.3 is 9.84 Å². The lowest BCUT2D eigenvalue weighted by Crippen LogP contribution is -2.21. The van der Waals surface area contributed by atoms with E-state index in [0.29, 0.717) is 0 Å². The second kappa shape index (κ2) is 5.21. The lowest BCUT2D eigenvalue weighted by Gasteiger charge is -2.07. The summed E-state index contributed by atoms with van der Waals surface area (Å²) in [7, 11) is 1.48. The Morgan fingerprint density at radius 1 is 1.92 bits per heavy atom. The molecule has 4 nitrogen and oxygen atoms in total. The highest BCUT2D eigenvalue weighted by molar-refractivity contribution is 8.02. The molecule has 0 aliphatic heterocycles. The maximum atomic E-state index is 10.7. The highest BCUT2D eigenvalue weighted by Crippen LogP contribution is 2.25. The van der Waals surface area contributed by atoms with E-state index in [9.17, 15) is 4.79 Å². The van der Waals surface area contributed by atoms with Crippen LogP contribution >= 0.6 is 23.1 Å². The Balaban J connectivity index is 2.52. The van der Waals surface area contributed by atoms with Crippen LogP contribution in [0.1, 0.15) is 0 Å². The highest BCUT2D eigenvalue weighted by Gasteiger charge is 2.19. The SMILES string of the molecule is COCC(Sc1nccs1)C(=O)O. The number of carbonyl (C=O) groups is 1. The number of rotatable bonds is 5. The Hall–Kier alpha value is -0.590. The molecule has 0 aliphatic carbocycles. The van der Waals surface area contributed by atoms with E-state index in [1.807, 2.05) is 5.38 Å². The summed E-state index contributed by atoms with van der Waals surface area (Å²) in [6, 6.07) is 0. The highest BCUT2D eigenvalue weighted by atomic mass is 32.2. The number of carboxylic acid groups (broad SMARTS) is 1. The van der Waals surface area contributed by atoms with Crippen molar-refractivity contribution in [2.24, 2.45) is 0 Å². The molecular weight excluding hydrogens is 210 g/mol. The molecule has 1 N–H and O–H groups in total. The van der Waals surface area contributed by atoms with Gasteiger partial charge in [0, 0.05) is 18.7 Å². The number of thiazole rings is 1. The maximum absolute atomic E-state index is 10.7. The zero-order chi connectivity index (χ0) is 9.68. The van der Waals surface area contributed by atoms with Gasteiger partial charge in [-0.15, -0.1) is 11.3 Å². The van der Waals surface area contributed by atoms with Crippen LogP contribution in [0.5, 0.6) is 0 Å². The Kier molecular flexibility index (Phi) is 4.20. The topological polar surface area (TPSA) is 59.4 Å². The van der Waals surface area contributed by atoms with Crippen LogP contribution in [0.15, 0.2) is 15.9 Å². The Morgan fingerprint density at radius 3 is 3.15 bits per heavy atom. The molecule has 0 saturated carbocycles. The fraction of sp³-hybridized carbons (Fsp3) is 0.429. The first-order valence-corrected chi connectivity index (χ1v) is 5.28. The van der Waals surface area contributed by atoms with Crippen molar-refractivity contribution in [1.29, 1.82) is 0 Å². The molecule has 1 aromatic heterocycles. The normalized spacial score (nSPS) is 12.7. The molecule has 13 heavy (non-hydrogen) atoms. The largest absolute Gasteiger partial charge is 0.480 e. The van der Waals surface area contributed by atoms with E-state index in [2.05, 4.69) is 4.98 Å². The van der Waals surface area contributed by atoms with E-state index >= 15 is 0 Å². The van der Waals surface area contributed by atoms with E-state index in [-0.39, 0.29) is 6.61 Å². The molecule has 0 aliphatic rings. The summed E-state index contributed by atoms with van der Waals surface area (Å²) >= 11 is 2.64. The minimum atomic E-state index is -0.873. The van der Waals surface area contributed by atoms with Gasteiger partial charge in [-0.3, -0.25) is 4.79 Å². The number of carboxylic acids is 1. The smallest absolute Gasteiger partial charge is 0.319 e. The maximum Gasteiger partial charge on any atom is 0.319 e. The molecule has 6 heteroatoms. The van der Waals surface area contributed by atoms with Crippen molar-refractivity contribution >= 4 is 29.1 Å². The minimum absolute atomic E-state index is 0.194. The predicted octanol–water partition coefficient (Wildman–Crippen LogP) is 1.33. The number of methoxy groups -OCH3 is 1. The number of thioether (sulfide) groups is 1. The van der Waals surface area contributed by atoms with Crippen LogP contribution < -0.4 is 0 Å². The Labute approximate surface area is 83.9 Å². The van der Waals surface area contributed by atoms with Crippen LogP contribution in [-0.2, 0) is 9.53 Å². The number of aliphatic carboxylic acids is 1. The fourth-order valence-electron chi connectivity index (χ4n) is 0.697. The molecule has 0 fully saturated rings. The quantitative estimate of drug-likeness (QED) is 0.757. The summed E-state index contributed by atoms with van der Waals surface area (Å²) in [5.74, 6) is -0.873. The average Bonchev–Trinajstić information content (AvgIpc) is 2.56. The molecule has 1 atom stereocenters. The lowest BCUT2D eigenvalue weighted by molar-refractivity contribution is -0.137. The summed E-state index contributed by atoms with van der Waals surface area (Å²) in [4.78, 5) is 14.7. The van der Waals surface area contributed by atoms with Crippen molar-refractivity contribution < 1.29 is 14.6 Å². The van der Waals surface area contributed by atoms with Crippen LogP contribution in [0.4, 0.5) is 0 Å². The van der Waals surface area contributed by atoms with E-state index in [4.69, 9.17) is 9.84 Å². The van der Waals surface area contributed by atoms with Gasteiger partial charge in [0.25, 0.3) is 0 Å². The summed E-state index contributed by atoms with van der Waals surface area (Å²) in [5, 5.41) is 10.0. The first-order chi connectivity index (χ1) is 6.24. The summed E-state index contributed by atoms with van der Waals surface area (Å²) in [5.41, 5.74) is 0. The van der Waals surface area contributed by atoms with E-state index < -0.39 is 11.2 Å². The Bertz CT molecular complexity index is 263. The molecule has 1 unspecified atom stereocenters. The van der Waals surface area contributed by atoms with Crippen LogP contribution in [0.2, 0.25) is 0 Å². The monoisotopic (exact) mass is 219 g/mol. The first kappa shape index (κ1) is 10.5. The average molecular weight is 219 g/mol. The van der Waals surface area contributed by atoms with Gasteiger partial charge in [0.05, 0.1) is 6.61 Å². The molecule has 1 heterocycles. The number of aromatic nitrogens is 1. The molecule has 0 saturated heterocycles. The number of hydrogen-bond donors (Lipinski definition) is 1. The van der Waals surface area contributed by atoms with E-state index in [0.717, 1.165) is 4.34 Å². The van der Waals surface area contributed by atoms with Gasteiger partial charge in [0.2, 0.25) is 0 Å². The van der Waals surface area contributed by atoms with Crippen molar-refractivity contribution in [3.05, 3.63) is 11.6 Å². The molecule has 0 radical (unpaired) electrons.